The van der Waals surface area contributed by atoms with Crippen molar-refractivity contribution in [3.63, 3.8) is 0 Å². The molecule has 0 radical (unpaired) electrons. The third-order valence-corrected chi connectivity index (χ3v) is 6.32. The molecule has 5 rings (SSSR count). The number of para-hydroxylation sites is 3. The quantitative estimate of drug-likeness (QED) is 0.403. The van der Waals surface area contributed by atoms with Gasteiger partial charge in [0.15, 0.2) is 16.6 Å². The molecule has 0 bridgehead atoms. The minimum absolute atomic E-state index is 0.154. The highest BCUT2D eigenvalue weighted by Gasteiger charge is 2.34. The fourth-order valence-electron chi connectivity index (χ4n) is 3.58. The number of hydrogen-bond acceptors (Lipinski definition) is 5. The van der Waals surface area contributed by atoms with Gasteiger partial charge in [-0.2, -0.15) is 0 Å². The van der Waals surface area contributed by atoms with E-state index in [1.807, 2.05) is 60.7 Å². The van der Waals surface area contributed by atoms with E-state index in [4.69, 9.17) is 14.5 Å². The molecule has 3 aromatic carbocycles. The molecule has 2 heterocycles. The molecule has 31 heavy (non-hydrogen) atoms. The molecule has 0 spiro atoms. The van der Waals surface area contributed by atoms with Gasteiger partial charge in [-0.15, -0.1) is 0 Å². The summed E-state index contributed by atoms with van der Waals surface area (Å²) < 4.78 is 12.8. The van der Waals surface area contributed by atoms with E-state index in [9.17, 15) is 4.79 Å². The Morgan fingerprint density at radius 1 is 1.00 bits per heavy atom. The summed E-state index contributed by atoms with van der Waals surface area (Å²) in [6.07, 6.45) is -0.758. The van der Waals surface area contributed by atoms with Crippen LogP contribution in [0.3, 0.4) is 0 Å². The second-order valence-electron chi connectivity index (χ2n) is 7.75. The van der Waals surface area contributed by atoms with E-state index in [0.29, 0.717) is 22.5 Å². The number of benzene rings is 3. The molecular formula is C25H22N2O3S. The number of aromatic nitrogens is 1. The first kappa shape index (κ1) is 19.6. The summed E-state index contributed by atoms with van der Waals surface area (Å²) in [6.45, 7) is 4.45. The lowest BCUT2D eigenvalue weighted by molar-refractivity contribution is -0.126. The number of nitrogens with zero attached hydrogens (tertiary/aromatic N) is 2. The topological polar surface area (TPSA) is 51.7 Å². The molecule has 1 amide bonds. The first-order chi connectivity index (χ1) is 15.1. The van der Waals surface area contributed by atoms with Crippen LogP contribution in [0.4, 0.5) is 10.8 Å². The standard InChI is InChI=1S/C25H22N2O3S/c1-16(2)17-11-13-18(14-12-17)27(25-26-19-7-3-6-10-23(19)31-25)24(28)22-15-29-20-8-4-5-9-21(20)30-22/h3-14,16,22H,15H2,1-2H3. The fraction of sp³-hybridized carbons (Fsp3) is 0.200. The fourth-order valence-corrected chi connectivity index (χ4v) is 4.57. The Labute approximate surface area is 184 Å². The van der Waals surface area contributed by atoms with E-state index in [1.165, 1.54) is 16.9 Å². The van der Waals surface area contributed by atoms with Crippen molar-refractivity contribution in [2.24, 2.45) is 0 Å². The van der Waals surface area contributed by atoms with Gasteiger partial charge in [0.1, 0.15) is 6.61 Å². The Kier molecular flexibility index (Phi) is 5.08. The summed E-state index contributed by atoms with van der Waals surface area (Å²) in [5.74, 6) is 1.43. The van der Waals surface area contributed by atoms with E-state index in [1.54, 1.807) is 4.90 Å². The summed E-state index contributed by atoms with van der Waals surface area (Å²) in [4.78, 5) is 20.1. The van der Waals surface area contributed by atoms with Gasteiger partial charge < -0.3 is 9.47 Å². The zero-order valence-electron chi connectivity index (χ0n) is 17.3. The number of fused-ring (bicyclic) bond motifs is 2. The molecule has 0 aliphatic carbocycles. The minimum Gasteiger partial charge on any atom is -0.485 e. The summed E-state index contributed by atoms with van der Waals surface area (Å²) in [5.41, 5.74) is 2.84. The zero-order valence-corrected chi connectivity index (χ0v) is 18.1. The van der Waals surface area contributed by atoms with E-state index < -0.39 is 6.10 Å². The van der Waals surface area contributed by atoms with E-state index in [2.05, 4.69) is 26.0 Å². The first-order valence-electron chi connectivity index (χ1n) is 10.3. The van der Waals surface area contributed by atoms with Crippen molar-refractivity contribution in [3.8, 4) is 11.5 Å². The molecule has 1 aliphatic rings. The van der Waals surface area contributed by atoms with Crippen molar-refractivity contribution in [3.05, 3.63) is 78.4 Å². The molecule has 1 aromatic heterocycles. The molecule has 5 nitrogen and oxygen atoms in total. The lowest BCUT2D eigenvalue weighted by Crippen LogP contribution is -2.44. The average molecular weight is 431 g/mol. The Bertz CT molecular complexity index is 1200. The molecule has 0 saturated heterocycles. The maximum atomic E-state index is 13.7. The summed E-state index contributed by atoms with van der Waals surface area (Å²) in [7, 11) is 0. The second-order valence-corrected chi connectivity index (χ2v) is 8.76. The molecule has 0 fully saturated rings. The number of amides is 1. The van der Waals surface area contributed by atoms with Gasteiger partial charge in [-0.1, -0.05) is 61.6 Å². The van der Waals surface area contributed by atoms with Gasteiger partial charge in [-0.05, 0) is 47.9 Å². The van der Waals surface area contributed by atoms with Crippen molar-refractivity contribution in [1.82, 2.24) is 4.98 Å². The number of carbonyl (C=O) groups is 1. The van der Waals surface area contributed by atoms with Crippen LogP contribution in [0.15, 0.2) is 72.8 Å². The Hall–Kier alpha value is -3.38. The van der Waals surface area contributed by atoms with Gasteiger partial charge in [0.2, 0.25) is 6.10 Å². The largest absolute Gasteiger partial charge is 0.485 e. The predicted molar refractivity (Wildman–Crippen MR) is 124 cm³/mol. The van der Waals surface area contributed by atoms with Gasteiger partial charge in [-0.25, -0.2) is 4.98 Å². The normalized spacial score (nSPS) is 15.3. The molecule has 1 aliphatic heterocycles. The van der Waals surface area contributed by atoms with Crippen LogP contribution in [0.25, 0.3) is 10.2 Å². The monoisotopic (exact) mass is 430 g/mol. The van der Waals surface area contributed by atoms with Gasteiger partial charge >= 0.3 is 0 Å². The first-order valence-corrected chi connectivity index (χ1v) is 11.1. The SMILES string of the molecule is CC(C)c1ccc(N(C(=O)C2COc3ccccc3O2)c2nc3ccccc3s2)cc1. The van der Waals surface area contributed by atoms with E-state index >= 15 is 0 Å². The summed E-state index contributed by atoms with van der Waals surface area (Å²) in [5, 5.41) is 0.617. The van der Waals surface area contributed by atoms with Crippen LogP contribution in [-0.4, -0.2) is 23.6 Å². The average Bonchev–Trinajstić information content (AvgIpc) is 3.22. The van der Waals surface area contributed by atoms with Gasteiger partial charge in [0.05, 0.1) is 15.9 Å². The van der Waals surface area contributed by atoms with Gasteiger partial charge in [0.25, 0.3) is 5.91 Å². The van der Waals surface area contributed by atoms with Crippen molar-refractivity contribution in [1.29, 1.82) is 0 Å². The highest BCUT2D eigenvalue weighted by atomic mass is 32.1. The van der Waals surface area contributed by atoms with Crippen molar-refractivity contribution >= 4 is 38.3 Å². The van der Waals surface area contributed by atoms with Crippen LogP contribution >= 0.6 is 11.3 Å². The summed E-state index contributed by atoms with van der Waals surface area (Å²) >= 11 is 1.49. The minimum atomic E-state index is -0.758. The van der Waals surface area contributed by atoms with Crippen LogP contribution in [0, 0.1) is 0 Å². The highest BCUT2D eigenvalue weighted by Crippen LogP contribution is 2.37. The van der Waals surface area contributed by atoms with E-state index in [-0.39, 0.29) is 12.5 Å². The molecule has 0 saturated carbocycles. The molecule has 1 atom stereocenters. The smallest absolute Gasteiger partial charge is 0.278 e. The molecule has 0 N–H and O–H groups in total. The summed E-state index contributed by atoms with van der Waals surface area (Å²) in [6, 6.07) is 23.3. The highest BCUT2D eigenvalue weighted by molar-refractivity contribution is 7.22. The number of carbonyl (C=O) groups excluding carboxylic acids is 1. The third kappa shape index (κ3) is 3.75. The van der Waals surface area contributed by atoms with Crippen molar-refractivity contribution in [2.45, 2.75) is 25.9 Å². The van der Waals surface area contributed by atoms with Crippen LogP contribution in [0.5, 0.6) is 11.5 Å². The number of ether oxygens (including phenoxy) is 2. The lowest BCUT2D eigenvalue weighted by atomic mass is 10.0. The van der Waals surface area contributed by atoms with Crippen LogP contribution in [-0.2, 0) is 4.79 Å². The number of anilines is 2. The Balaban J connectivity index is 1.54. The molecule has 156 valence electrons. The molecule has 1 unspecified atom stereocenters. The molecular weight excluding hydrogens is 408 g/mol. The van der Waals surface area contributed by atoms with Crippen molar-refractivity contribution < 1.29 is 14.3 Å². The van der Waals surface area contributed by atoms with Crippen LogP contribution in [0.1, 0.15) is 25.3 Å². The van der Waals surface area contributed by atoms with Crippen molar-refractivity contribution in [2.75, 3.05) is 11.5 Å². The van der Waals surface area contributed by atoms with Gasteiger partial charge in [-0.3, -0.25) is 9.69 Å². The number of thiazole rings is 1. The van der Waals surface area contributed by atoms with Crippen LogP contribution < -0.4 is 14.4 Å². The molecule has 6 heteroatoms. The maximum Gasteiger partial charge on any atom is 0.278 e. The zero-order chi connectivity index (χ0) is 21.4. The Morgan fingerprint density at radius 3 is 2.45 bits per heavy atom. The predicted octanol–water partition coefficient (Wildman–Crippen LogP) is 5.92. The third-order valence-electron chi connectivity index (χ3n) is 5.30. The molecule has 4 aromatic rings. The van der Waals surface area contributed by atoms with Crippen LogP contribution in [0.2, 0.25) is 0 Å². The Morgan fingerprint density at radius 2 is 1.71 bits per heavy atom. The lowest BCUT2D eigenvalue weighted by Gasteiger charge is -2.29. The number of rotatable bonds is 4. The van der Waals surface area contributed by atoms with Gasteiger partial charge in [0, 0.05) is 0 Å². The van der Waals surface area contributed by atoms with E-state index in [0.717, 1.165) is 15.9 Å². The maximum absolute atomic E-state index is 13.7. The number of hydrogen-bond donors (Lipinski definition) is 0. The second kappa shape index (κ2) is 8.04.